The second kappa shape index (κ2) is 12.2. The van der Waals surface area contributed by atoms with Crippen LogP contribution in [0.25, 0.3) is 11.5 Å². The fourth-order valence-corrected chi connectivity index (χ4v) is 3.74. The molecule has 1 aliphatic rings. The molecule has 0 saturated carbocycles. The van der Waals surface area contributed by atoms with E-state index in [9.17, 15) is 0 Å². The zero-order valence-corrected chi connectivity index (χ0v) is 18.9. The minimum Gasteiger partial charge on any atom is -0.492 e. The van der Waals surface area contributed by atoms with Crippen molar-refractivity contribution in [2.45, 2.75) is 26.1 Å². The Labute approximate surface area is 194 Å². The Balaban J connectivity index is 1.12. The molecule has 2 aromatic heterocycles. The molecule has 1 aromatic carbocycles. The number of furan rings is 1. The monoisotopic (exact) mass is 452 g/mol. The van der Waals surface area contributed by atoms with Gasteiger partial charge in [-0.15, -0.1) is 0 Å². The molecule has 0 aliphatic carbocycles. The van der Waals surface area contributed by atoms with Gasteiger partial charge in [-0.3, -0.25) is 10.00 Å². The predicted molar refractivity (Wildman–Crippen MR) is 127 cm³/mol. The molecule has 0 unspecified atom stereocenters. The van der Waals surface area contributed by atoms with Crippen LogP contribution in [0.2, 0.25) is 0 Å². The van der Waals surface area contributed by atoms with Crippen LogP contribution in [0.15, 0.2) is 59.2 Å². The molecule has 0 atom stereocenters. The smallest absolute Gasteiger partial charge is 0.152 e. The van der Waals surface area contributed by atoms with Gasteiger partial charge < -0.3 is 24.4 Å². The lowest BCUT2D eigenvalue weighted by Gasteiger charge is -2.17. The van der Waals surface area contributed by atoms with Crippen LogP contribution in [0.4, 0.5) is 5.69 Å². The minimum atomic E-state index is 0.404. The van der Waals surface area contributed by atoms with Crippen LogP contribution >= 0.6 is 0 Å². The van der Waals surface area contributed by atoms with E-state index in [2.05, 4.69) is 15.1 Å². The van der Waals surface area contributed by atoms with Crippen LogP contribution in [0.1, 0.15) is 24.2 Å². The highest BCUT2D eigenvalue weighted by atomic mass is 16.5. The average Bonchev–Trinajstić information content (AvgIpc) is 3.60. The highest BCUT2D eigenvalue weighted by Gasteiger charge is 2.12. The van der Waals surface area contributed by atoms with Gasteiger partial charge in [0.2, 0.25) is 0 Å². The molecule has 1 aliphatic heterocycles. The summed E-state index contributed by atoms with van der Waals surface area (Å²) in [6.45, 7) is 5.78. The van der Waals surface area contributed by atoms with E-state index >= 15 is 0 Å². The maximum Gasteiger partial charge on any atom is 0.152 e. The van der Waals surface area contributed by atoms with E-state index in [0.29, 0.717) is 38.7 Å². The topological polar surface area (TPSA) is 98.8 Å². The average molecular weight is 453 g/mol. The highest BCUT2D eigenvalue weighted by molar-refractivity contribution is 5.51. The molecule has 3 aromatic rings. The van der Waals surface area contributed by atoms with Crippen molar-refractivity contribution in [3.05, 3.63) is 66.1 Å². The molecule has 33 heavy (non-hydrogen) atoms. The predicted octanol–water partition coefficient (Wildman–Crippen LogP) is 4.02. The lowest BCUT2D eigenvalue weighted by atomic mass is 10.2. The van der Waals surface area contributed by atoms with Crippen LogP contribution in [-0.2, 0) is 22.7 Å². The van der Waals surface area contributed by atoms with Crippen molar-refractivity contribution in [1.29, 1.82) is 0 Å². The Morgan fingerprint density at radius 2 is 1.85 bits per heavy atom. The summed E-state index contributed by atoms with van der Waals surface area (Å²) in [5.41, 5.74) is 8.47. The van der Waals surface area contributed by atoms with Gasteiger partial charge in [-0.05, 0) is 62.3 Å². The van der Waals surface area contributed by atoms with Gasteiger partial charge in [0.25, 0.3) is 0 Å². The molecule has 1 fully saturated rings. The van der Waals surface area contributed by atoms with E-state index in [0.717, 1.165) is 35.1 Å². The SMILES string of the molecule is Nc1ccc(OCCN2CCCC2)c(COC/C=C/COCc2ccc(-c3ccn[nH]3)o2)c1. The highest BCUT2D eigenvalue weighted by Crippen LogP contribution is 2.23. The summed E-state index contributed by atoms with van der Waals surface area (Å²) >= 11 is 0. The Morgan fingerprint density at radius 1 is 1.03 bits per heavy atom. The number of aromatic nitrogens is 2. The van der Waals surface area contributed by atoms with Gasteiger partial charge in [0.1, 0.15) is 30.4 Å². The van der Waals surface area contributed by atoms with Crippen LogP contribution < -0.4 is 10.5 Å². The van der Waals surface area contributed by atoms with Gasteiger partial charge in [0, 0.05) is 24.0 Å². The number of benzene rings is 1. The molecule has 3 heterocycles. The summed E-state index contributed by atoms with van der Waals surface area (Å²) in [6, 6.07) is 11.4. The van der Waals surface area contributed by atoms with Crippen molar-refractivity contribution in [2.75, 3.05) is 45.2 Å². The Kier molecular flexibility index (Phi) is 8.57. The number of hydrogen-bond donors (Lipinski definition) is 2. The molecule has 4 rings (SSSR count). The second-order valence-electron chi connectivity index (χ2n) is 8.00. The molecular formula is C25H32N4O4. The van der Waals surface area contributed by atoms with Gasteiger partial charge in [-0.1, -0.05) is 12.2 Å². The number of nitrogens with zero attached hydrogens (tertiary/aromatic N) is 2. The van der Waals surface area contributed by atoms with E-state index in [-0.39, 0.29) is 0 Å². The molecule has 1 saturated heterocycles. The third kappa shape index (κ3) is 7.21. The number of ether oxygens (including phenoxy) is 3. The molecule has 8 heteroatoms. The maximum atomic E-state index is 6.00. The van der Waals surface area contributed by atoms with Crippen molar-refractivity contribution in [3.8, 4) is 17.2 Å². The van der Waals surface area contributed by atoms with Crippen molar-refractivity contribution in [2.24, 2.45) is 0 Å². The van der Waals surface area contributed by atoms with Crippen molar-refractivity contribution in [3.63, 3.8) is 0 Å². The van der Waals surface area contributed by atoms with Gasteiger partial charge in [-0.2, -0.15) is 5.10 Å². The molecular weight excluding hydrogens is 420 g/mol. The molecule has 0 spiro atoms. The first kappa shape index (κ1) is 23.1. The molecule has 176 valence electrons. The Morgan fingerprint density at radius 3 is 2.64 bits per heavy atom. The number of nitrogen functional groups attached to an aromatic ring is 1. The zero-order chi connectivity index (χ0) is 22.7. The number of nitrogens with one attached hydrogen (secondary N) is 1. The fourth-order valence-electron chi connectivity index (χ4n) is 3.74. The lowest BCUT2D eigenvalue weighted by Crippen LogP contribution is -2.25. The normalized spacial score (nSPS) is 14.4. The molecule has 3 N–H and O–H groups in total. The largest absolute Gasteiger partial charge is 0.492 e. The second-order valence-corrected chi connectivity index (χ2v) is 8.00. The van der Waals surface area contributed by atoms with Crippen LogP contribution in [0.3, 0.4) is 0 Å². The third-order valence-corrected chi connectivity index (χ3v) is 5.47. The number of likely N-dealkylation sites (tertiary alicyclic amines) is 1. The molecule has 0 amide bonds. The summed E-state index contributed by atoms with van der Waals surface area (Å²) in [4.78, 5) is 2.44. The first-order valence-electron chi connectivity index (χ1n) is 11.4. The standard InChI is InChI=1S/C25H32N4O4/c26-21-5-7-24(32-16-13-29-11-1-2-12-29)20(17-21)18-30-14-3-4-15-31-19-22-6-8-25(33-22)23-9-10-27-28-23/h3-10,17H,1-2,11-16,18-19,26H2,(H,27,28)/b4-3+. The maximum absolute atomic E-state index is 6.00. The lowest BCUT2D eigenvalue weighted by molar-refractivity contribution is 0.128. The van der Waals surface area contributed by atoms with E-state index < -0.39 is 0 Å². The van der Waals surface area contributed by atoms with E-state index in [4.69, 9.17) is 24.4 Å². The van der Waals surface area contributed by atoms with Gasteiger partial charge in [-0.25, -0.2) is 0 Å². The minimum absolute atomic E-state index is 0.404. The van der Waals surface area contributed by atoms with Crippen LogP contribution in [0, 0.1) is 0 Å². The van der Waals surface area contributed by atoms with Crippen molar-refractivity contribution >= 4 is 5.69 Å². The van der Waals surface area contributed by atoms with Gasteiger partial charge in [0.15, 0.2) is 5.76 Å². The number of nitrogens with two attached hydrogens (primary N) is 1. The molecule has 0 bridgehead atoms. The van der Waals surface area contributed by atoms with Gasteiger partial charge in [0.05, 0.1) is 19.8 Å². The summed E-state index contributed by atoms with van der Waals surface area (Å²) in [5, 5.41) is 6.80. The summed E-state index contributed by atoms with van der Waals surface area (Å²) in [6.07, 6.45) is 8.14. The quantitative estimate of drug-likeness (QED) is 0.230. The number of hydrogen-bond acceptors (Lipinski definition) is 7. The van der Waals surface area contributed by atoms with E-state index in [1.807, 2.05) is 48.6 Å². The first-order valence-corrected chi connectivity index (χ1v) is 11.4. The number of H-pyrrole nitrogens is 1. The van der Waals surface area contributed by atoms with Gasteiger partial charge >= 0.3 is 0 Å². The third-order valence-electron chi connectivity index (χ3n) is 5.47. The van der Waals surface area contributed by atoms with E-state index in [1.54, 1.807) is 6.20 Å². The van der Waals surface area contributed by atoms with Crippen LogP contribution in [0.5, 0.6) is 5.75 Å². The Hall–Kier alpha value is -3.07. The Bertz CT molecular complexity index is 994. The number of rotatable bonds is 13. The summed E-state index contributed by atoms with van der Waals surface area (Å²) in [7, 11) is 0. The number of aromatic amines is 1. The van der Waals surface area contributed by atoms with E-state index in [1.165, 1.54) is 25.9 Å². The summed E-state index contributed by atoms with van der Waals surface area (Å²) in [5.74, 6) is 2.35. The van der Waals surface area contributed by atoms with Crippen molar-refractivity contribution in [1.82, 2.24) is 15.1 Å². The molecule has 8 nitrogen and oxygen atoms in total. The van der Waals surface area contributed by atoms with Crippen molar-refractivity contribution < 1.29 is 18.6 Å². The fraction of sp³-hybridized carbons (Fsp3) is 0.400. The van der Waals surface area contributed by atoms with Crippen LogP contribution in [-0.4, -0.2) is 54.6 Å². The first-order chi connectivity index (χ1) is 16.3. The number of anilines is 1. The molecule has 0 radical (unpaired) electrons. The summed E-state index contributed by atoms with van der Waals surface area (Å²) < 4.78 is 23.2. The zero-order valence-electron chi connectivity index (χ0n) is 18.9.